The molecule has 3 aliphatic heterocycles. The van der Waals surface area contributed by atoms with E-state index in [0.29, 0.717) is 12.2 Å². The maximum atomic E-state index is 13.4. The van der Waals surface area contributed by atoms with Crippen LogP contribution in [0.2, 0.25) is 0 Å². The lowest BCUT2D eigenvalue weighted by molar-refractivity contribution is -0.125. The average Bonchev–Trinajstić information content (AvgIpc) is 3.29. The number of fused-ring (bicyclic) bond motifs is 3. The molecule has 0 aliphatic carbocycles. The molecule has 0 unspecified atom stereocenters. The number of hydrogen-bond donors (Lipinski definition) is 1. The van der Waals surface area contributed by atoms with Gasteiger partial charge in [-0.25, -0.2) is 12.7 Å². The van der Waals surface area contributed by atoms with Gasteiger partial charge in [0.15, 0.2) is 0 Å². The number of carbonyl (C=O) groups excluding carboxylic acids is 2. The summed E-state index contributed by atoms with van der Waals surface area (Å²) < 4.78 is 26.6. The number of nitrogens with zero attached hydrogens (tertiary/aromatic N) is 4. The number of nitrogens with one attached hydrogen (secondary N) is 1. The Morgan fingerprint density at radius 2 is 1.81 bits per heavy atom. The van der Waals surface area contributed by atoms with Crippen molar-refractivity contribution in [3.63, 3.8) is 0 Å². The molecule has 10 heteroatoms. The van der Waals surface area contributed by atoms with Gasteiger partial charge >= 0.3 is 0 Å². The van der Waals surface area contributed by atoms with Crippen molar-refractivity contribution in [2.45, 2.75) is 43.0 Å². The van der Waals surface area contributed by atoms with E-state index in [4.69, 9.17) is 0 Å². The Kier molecular flexibility index (Phi) is 6.73. The summed E-state index contributed by atoms with van der Waals surface area (Å²) in [5, 5.41) is 2.93. The van der Waals surface area contributed by atoms with Gasteiger partial charge in [0, 0.05) is 33.7 Å². The van der Waals surface area contributed by atoms with Crippen molar-refractivity contribution in [3.8, 4) is 0 Å². The van der Waals surface area contributed by atoms with Crippen LogP contribution in [0.5, 0.6) is 0 Å². The third kappa shape index (κ3) is 4.49. The molecule has 0 spiro atoms. The molecule has 176 valence electrons. The first-order chi connectivity index (χ1) is 15.3. The highest BCUT2D eigenvalue weighted by atomic mass is 32.2. The van der Waals surface area contributed by atoms with Crippen LogP contribution in [0.4, 0.5) is 11.4 Å². The van der Waals surface area contributed by atoms with Crippen LogP contribution in [0.15, 0.2) is 23.1 Å². The highest BCUT2D eigenvalue weighted by Gasteiger charge is 2.40. The molecular weight excluding hydrogens is 430 g/mol. The van der Waals surface area contributed by atoms with Gasteiger partial charge in [-0.2, -0.15) is 0 Å². The SMILES string of the molecule is CN(C)S(=O)(=O)c1ccc2c(c1)N(CC(=O)NCCN1CCCC1)C(=O)[C@@H]1CCCCN21. The smallest absolute Gasteiger partial charge is 0.250 e. The Labute approximate surface area is 190 Å². The predicted octanol–water partition coefficient (Wildman–Crippen LogP) is 0.854. The first-order valence-electron chi connectivity index (χ1n) is 11.4. The van der Waals surface area contributed by atoms with Crippen LogP contribution in [-0.4, -0.2) is 88.8 Å². The van der Waals surface area contributed by atoms with Gasteiger partial charge < -0.3 is 15.1 Å². The van der Waals surface area contributed by atoms with E-state index in [1.807, 2.05) is 0 Å². The molecule has 1 atom stereocenters. The monoisotopic (exact) mass is 463 g/mol. The fourth-order valence-corrected chi connectivity index (χ4v) is 5.75. The second-order valence-corrected chi connectivity index (χ2v) is 11.1. The molecule has 1 aromatic carbocycles. The molecule has 3 aliphatic rings. The zero-order chi connectivity index (χ0) is 22.9. The summed E-state index contributed by atoms with van der Waals surface area (Å²) in [6.07, 6.45) is 5.08. The summed E-state index contributed by atoms with van der Waals surface area (Å²) in [6.45, 7) is 4.11. The summed E-state index contributed by atoms with van der Waals surface area (Å²) in [5.41, 5.74) is 1.31. The topological polar surface area (TPSA) is 93.3 Å². The maximum Gasteiger partial charge on any atom is 0.250 e. The van der Waals surface area contributed by atoms with Crippen LogP contribution in [-0.2, 0) is 19.6 Å². The van der Waals surface area contributed by atoms with Gasteiger partial charge in [-0.05, 0) is 63.4 Å². The number of likely N-dealkylation sites (tertiary alicyclic amines) is 1. The van der Waals surface area contributed by atoms with Gasteiger partial charge in [0.25, 0.3) is 0 Å². The predicted molar refractivity (Wildman–Crippen MR) is 123 cm³/mol. The van der Waals surface area contributed by atoms with Crippen molar-refractivity contribution in [1.82, 2.24) is 14.5 Å². The lowest BCUT2D eigenvalue weighted by Gasteiger charge is -2.45. The highest BCUT2D eigenvalue weighted by Crippen LogP contribution is 2.40. The second-order valence-electron chi connectivity index (χ2n) is 8.97. The molecular formula is C22H33N5O4S. The zero-order valence-electron chi connectivity index (χ0n) is 18.9. The van der Waals surface area contributed by atoms with Crippen LogP contribution in [0.3, 0.4) is 0 Å². The molecule has 3 heterocycles. The van der Waals surface area contributed by atoms with Crippen LogP contribution in [0, 0.1) is 0 Å². The Hall–Kier alpha value is -2.17. The first kappa shape index (κ1) is 23.0. The van der Waals surface area contributed by atoms with Crippen molar-refractivity contribution in [1.29, 1.82) is 0 Å². The second kappa shape index (κ2) is 9.36. The third-order valence-electron chi connectivity index (χ3n) is 6.63. The van der Waals surface area contributed by atoms with Gasteiger partial charge in [-0.1, -0.05) is 0 Å². The summed E-state index contributed by atoms with van der Waals surface area (Å²) in [6, 6.07) is 4.59. The summed E-state index contributed by atoms with van der Waals surface area (Å²) >= 11 is 0. The minimum atomic E-state index is -3.66. The number of piperidine rings is 1. The molecule has 2 fully saturated rings. The van der Waals surface area contributed by atoms with E-state index in [2.05, 4.69) is 15.1 Å². The quantitative estimate of drug-likeness (QED) is 0.645. The molecule has 1 N–H and O–H groups in total. The number of rotatable bonds is 7. The van der Waals surface area contributed by atoms with Crippen LogP contribution < -0.4 is 15.1 Å². The number of amides is 2. The van der Waals surface area contributed by atoms with Gasteiger partial charge in [0.05, 0.1) is 16.3 Å². The van der Waals surface area contributed by atoms with E-state index in [1.54, 1.807) is 12.1 Å². The molecule has 0 bridgehead atoms. The average molecular weight is 464 g/mol. The Morgan fingerprint density at radius 1 is 1.09 bits per heavy atom. The van der Waals surface area contributed by atoms with Gasteiger partial charge in [0.1, 0.15) is 12.6 Å². The minimum absolute atomic E-state index is 0.109. The number of sulfonamides is 1. The maximum absolute atomic E-state index is 13.4. The normalized spacial score (nSPS) is 21.6. The van der Waals surface area contributed by atoms with E-state index in [9.17, 15) is 18.0 Å². The molecule has 2 amide bonds. The van der Waals surface area contributed by atoms with Crippen molar-refractivity contribution in [2.75, 3.05) is 63.2 Å². The number of benzene rings is 1. The number of hydrogen-bond acceptors (Lipinski definition) is 6. The van der Waals surface area contributed by atoms with E-state index in [0.717, 1.165) is 55.4 Å². The van der Waals surface area contributed by atoms with Gasteiger partial charge in [-0.15, -0.1) is 0 Å². The molecule has 4 rings (SSSR count). The zero-order valence-corrected chi connectivity index (χ0v) is 19.7. The summed E-state index contributed by atoms with van der Waals surface area (Å²) in [5.74, 6) is -0.361. The number of anilines is 2. The molecule has 2 saturated heterocycles. The Morgan fingerprint density at radius 3 is 2.53 bits per heavy atom. The number of carbonyl (C=O) groups is 2. The fraction of sp³-hybridized carbons (Fsp3) is 0.636. The molecule has 32 heavy (non-hydrogen) atoms. The van der Waals surface area contributed by atoms with Crippen molar-refractivity contribution >= 4 is 33.2 Å². The molecule has 1 aromatic rings. The first-order valence-corrected chi connectivity index (χ1v) is 12.9. The lowest BCUT2D eigenvalue weighted by atomic mass is 9.96. The lowest BCUT2D eigenvalue weighted by Crippen LogP contribution is -2.57. The standard InChI is InChI=1S/C22H33N5O4S/c1-24(2)32(30,31)17-8-9-18-20(15-17)27(22(29)19-7-3-4-13-26(18)19)16-21(28)23-10-14-25-11-5-6-12-25/h8-9,15,19H,3-7,10-14,16H2,1-2H3,(H,23,28)/t19-/m0/s1. The molecule has 0 radical (unpaired) electrons. The Bertz CT molecular complexity index is 975. The van der Waals surface area contributed by atoms with E-state index < -0.39 is 10.0 Å². The van der Waals surface area contributed by atoms with E-state index >= 15 is 0 Å². The fourth-order valence-electron chi connectivity index (χ4n) is 4.83. The van der Waals surface area contributed by atoms with Crippen LogP contribution in [0.1, 0.15) is 32.1 Å². The largest absolute Gasteiger partial charge is 0.358 e. The van der Waals surface area contributed by atoms with Crippen LogP contribution >= 0.6 is 0 Å². The van der Waals surface area contributed by atoms with Gasteiger partial charge in [0.2, 0.25) is 21.8 Å². The summed E-state index contributed by atoms with van der Waals surface area (Å²) in [7, 11) is -0.705. The molecule has 0 aromatic heterocycles. The highest BCUT2D eigenvalue weighted by molar-refractivity contribution is 7.89. The van der Waals surface area contributed by atoms with Crippen molar-refractivity contribution in [3.05, 3.63) is 18.2 Å². The molecule has 0 saturated carbocycles. The third-order valence-corrected chi connectivity index (χ3v) is 8.44. The van der Waals surface area contributed by atoms with Crippen LogP contribution in [0.25, 0.3) is 0 Å². The van der Waals surface area contributed by atoms with E-state index in [-0.39, 0.29) is 29.3 Å². The Balaban J connectivity index is 1.58. The minimum Gasteiger partial charge on any atom is -0.358 e. The van der Waals surface area contributed by atoms with Crippen molar-refractivity contribution in [2.24, 2.45) is 0 Å². The summed E-state index contributed by atoms with van der Waals surface area (Å²) in [4.78, 5) is 32.1. The van der Waals surface area contributed by atoms with E-state index in [1.165, 1.54) is 37.9 Å². The molecule has 9 nitrogen and oxygen atoms in total. The van der Waals surface area contributed by atoms with Gasteiger partial charge in [-0.3, -0.25) is 14.5 Å². The van der Waals surface area contributed by atoms with Crippen molar-refractivity contribution < 1.29 is 18.0 Å².